The van der Waals surface area contributed by atoms with Gasteiger partial charge in [-0.05, 0) is 37.1 Å². The van der Waals surface area contributed by atoms with Crippen LogP contribution in [0.5, 0.6) is 0 Å². The summed E-state index contributed by atoms with van der Waals surface area (Å²) in [5, 5.41) is 11.1. The van der Waals surface area contributed by atoms with Gasteiger partial charge in [0, 0.05) is 24.3 Å². The third-order valence-corrected chi connectivity index (χ3v) is 3.16. The van der Waals surface area contributed by atoms with Crippen LogP contribution in [0.15, 0.2) is 18.2 Å². The van der Waals surface area contributed by atoms with Crippen LogP contribution in [0.3, 0.4) is 0 Å². The SMILES string of the molecule is CC(=O)N1c2ccc(NC(=O)CC#N)cc2CC1C. The van der Waals surface area contributed by atoms with E-state index in [4.69, 9.17) is 5.26 Å². The predicted molar refractivity (Wildman–Crippen MR) is 71.6 cm³/mol. The number of hydrogen-bond donors (Lipinski definition) is 1. The third kappa shape index (κ3) is 2.58. The van der Waals surface area contributed by atoms with Crippen molar-refractivity contribution < 1.29 is 9.59 Å². The number of nitriles is 1. The van der Waals surface area contributed by atoms with Gasteiger partial charge in [-0.25, -0.2) is 0 Å². The minimum Gasteiger partial charge on any atom is -0.325 e. The molecule has 1 unspecified atom stereocenters. The lowest BCUT2D eigenvalue weighted by atomic mass is 10.1. The van der Waals surface area contributed by atoms with E-state index in [1.807, 2.05) is 19.1 Å². The molecule has 0 aromatic heterocycles. The Morgan fingerprint density at radius 3 is 2.89 bits per heavy atom. The van der Waals surface area contributed by atoms with E-state index in [2.05, 4.69) is 5.32 Å². The first-order valence-electron chi connectivity index (χ1n) is 6.12. The Kier molecular flexibility index (Phi) is 3.52. The van der Waals surface area contributed by atoms with Crippen LogP contribution in [-0.4, -0.2) is 17.9 Å². The van der Waals surface area contributed by atoms with Gasteiger partial charge in [0.2, 0.25) is 11.8 Å². The van der Waals surface area contributed by atoms with Crippen molar-refractivity contribution in [3.05, 3.63) is 23.8 Å². The molecule has 0 spiro atoms. The number of hydrogen-bond acceptors (Lipinski definition) is 3. The maximum atomic E-state index is 11.6. The maximum absolute atomic E-state index is 11.6. The number of anilines is 2. The molecule has 1 aromatic rings. The van der Waals surface area contributed by atoms with E-state index < -0.39 is 0 Å². The maximum Gasteiger partial charge on any atom is 0.238 e. The number of carbonyl (C=O) groups is 2. The molecule has 1 heterocycles. The largest absolute Gasteiger partial charge is 0.325 e. The summed E-state index contributed by atoms with van der Waals surface area (Å²) in [6.45, 7) is 3.55. The molecule has 0 saturated carbocycles. The van der Waals surface area contributed by atoms with Gasteiger partial charge >= 0.3 is 0 Å². The van der Waals surface area contributed by atoms with Crippen LogP contribution >= 0.6 is 0 Å². The molecule has 1 aliphatic heterocycles. The van der Waals surface area contributed by atoms with Crippen molar-refractivity contribution in [2.75, 3.05) is 10.2 Å². The first kappa shape index (κ1) is 13.1. The standard InChI is InChI=1S/C14H15N3O2/c1-9-7-11-8-12(16-14(19)5-6-15)3-4-13(11)17(9)10(2)18/h3-4,8-9H,5,7H2,1-2H3,(H,16,19). The van der Waals surface area contributed by atoms with Crippen LogP contribution in [0.25, 0.3) is 0 Å². The van der Waals surface area contributed by atoms with Crippen LogP contribution in [0.4, 0.5) is 11.4 Å². The van der Waals surface area contributed by atoms with Gasteiger partial charge in [0.15, 0.2) is 0 Å². The van der Waals surface area contributed by atoms with Gasteiger partial charge in [0.05, 0.1) is 6.07 Å². The molecule has 0 radical (unpaired) electrons. The molecule has 5 heteroatoms. The van der Waals surface area contributed by atoms with Gasteiger partial charge in [-0.1, -0.05) is 0 Å². The van der Waals surface area contributed by atoms with Crippen LogP contribution in [0.2, 0.25) is 0 Å². The monoisotopic (exact) mass is 257 g/mol. The van der Waals surface area contributed by atoms with E-state index in [0.717, 1.165) is 17.7 Å². The molecule has 98 valence electrons. The first-order valence-corrected chi connectivity index (χ1v) is 6.12. The molecule has 1 atom stereocenters. The Morgan fingerprint density at radius 1 is 1.53 bits per heavy atom. The summed E-state index contributed by atoms with van der Waals surface area (Å²) in [4.78, 5) is 24.7. The smallest absolute Gasteiger partial charge is 0.238 e. The van der Waals surface area contributed by atoms with E-state index >= 15 is 0 Å². The van der Waals surface area contributed by atoms with Gasteiger partial charge < -0.3 is 10.2 Å². The summed E-state index contributed by atoms with van der Waals surface area (Å²) in [7, 11) is 0. The molecule has 0 aliphatic carbocycles. The lowest BCUT2D eigenvalue weighted by Crippen LogP contribution is -2.33. The Balaban J connectivity index is 2.23. The molecule has 0 saturated heterocycles. The average Bonchev–Trinajstić information content (AvgIpc) is 2.64. The van der Waals surface area contributed by atoms with E-state index in [1.54, 1.807) is 24.0 Å². The summed E-state index contributed by atoms with van der Waals surface area (Å²) in [6.07, 6.45) is 0.615. The highest BCUT2D eigenvalue weighted by Crippen LogP contribution is 2.34. The number of rotatable bonds is 2. The minimum absolute atomic E-state index is 0.0208. The van der Waals surface area contributed by atoms with E-state index in [-0.39, 0.29) is 24.3 Å². The second-order valence-corrected chi connectivity index (χ2v) is 4.67. The lowest BCUT2D eigenvalue weighted by Gasteiger charge is -2.20. The van der Waals surface area contributed by atoms with E-state index in [0.29, 0.717) is 5.69 Å². The summed E-state index contributed by atoms with van der Waals surface area (Å²) in [5.41, 5.74) is 2.60. The summed E-state index contributed by atoms with van der Waals surface area (Å²) in [6, 6.07) is 7.39. The van der Waals surface area contributed by atoms with Gasteiger partial charge in [-0.15, -0.1) is 0 Å². The van der Waals surface area contributed by atoms with Crippen molar-refractivity contribution in [1.82, 2.24) is 0 Å². The highest BCUT2D eigenvalue weighted by Gasteiger charge is 2.28. The zero-order chi connectivity index (χ0) is 14.0. The predicted octanol–water partition coefficient (Wildman–Crippen LogP) is 1.84. The molecule has 0 fully saturated rings. The molecule has 1 aliphatic rings. The van der Waals surface area contributed by atoms with Crippen LogP contribution < -0.4 is 10.2 Å². The third-order valence-electron chi connectivity index (χ3n) is 3.16. The van der Waals surface area contributed by atoms with E-state index in [9.17, 15) is 9.59 Å². The number of benzene rings is 1. The van der Waals surface area contributed by atoms with Crippen molar-refractivity contribution in [3.8, 4) is 6.07 Å². The van der Waals surface area contributed by atoms with Gasteiger partial charge in [-0.3, -0.25) is 9.59 Å². The number of fused-ring (bicyclic) bond motifs is 1. The fourth-order valence-corrected chi connectivity index (χ4v) is 2.47. The topological polar surface area (TPSA) is 73.2 Å². The van der Waals surface area contributed by atoms with Crippen LogP contribution in [0, 0.1) is 11.3 Å². The minimum atomic E-state index is -0.322. The lowest BCUT2D eigenvalue weighted by molar-refractivity contribution is -0.117. The average molecular weight is 257 g/mol. The molecule has 19 heavy (non-hydrogen) atoms. The van der Waals surface area contributed by atoms with Crippen molar-refractivity contribution in [2.24, 2.45) is 0 Å². The zero-order valence-electron chi connectivity index (χ0n) is 10.9. The van der Waals surface area contributed by atoms with E-state index in [1.165, 1.54) is 0 Å². The fourth-order valence-electron chi connectivity index (χ4n) is 2.47. The highest BCUT2D eigenvalue weighted by molar-refractivity contribution is 5.96. The van der Waals surface area contributed by atoms with Crippen molar-refractivity contribution in [1.29, 1.82) is 5.26 Å². The second kappa shape index (κ2) is 5.11. The molecular weight excluding hydrogens is 242 g/mol. The molecule has 0 bridgehead atoms. The summed E-state index contributed by atoms with van der Waals surface area (Å²) >= 11 is 0. The van der Waals surface area contributed by atoms with Gasteiger partial charge in [0.1, 0.15) is 6.42 Å². The number of nitrogens with zero attached hydrogens (tertiary/aromatic N) is 2. The quantitative estimate of drug-likeness (QED) is 0.878. The highest BCUT2D eigenvalue weighted by atomic mass is 16.2. The molecule has 5 nitrogen and oxygen atoms in total. The van der Waals surface area contributed by atoms with Gasteiger partial charge in [-0.2, -0.15) is 5.26 Å². The molecule has 1 N–H and O–H groups in total. The Hall–Kier alpha value is -2.35. The van der Waals surface area contributed by atoms with Crippen molar-refractivity contribution in [2.45, 2.75) is 32.7 Å². The summed E-state index contributed by atoms with van der Waals surface area (Å²) in [5.74, 6) is -0.301. The molecule has 2 amide bonds. The van der Waals surface area contributed by atoms with Gasteiger partial charge in [0.25, 0.3) is 0 Å². The Bertz CT molecular complexity index is 575. The fraction of sp³-hybridized carbons (Fsp3) is 0.357. The Morgan fingerprint density at radius 2 is 2.26 bits per heavy atom. The summed E-state index contributed by atoms with van der Waals surface area (Å²) < 4.78 is 0. The number of nitrogens with one attached hydrogen (secondary N) is 1. The van der Waals surface area contributed by atoms with Crippen molar-refractivity contribution in [3.63, 3.8) is 0 Å². The molecular formula is C14H15N3O2. The molecule has 2 rings (SSSR count). The number of amides is 2. The zero-order valence-corrected chi connectivity index (χ0v) is 10.9. The van der Waals surface area contributed by atoms with Crippen LogP contribution in [-0.2, 0) is 16.0 Å². The first-order chi connectivity index (χ1) is 9.02. The van der Waals surface area contributed by atoms with Crippen molar-refractivity contribution >= 4 is 23.2 Å². The Labute approximate surface area is 111 Å². The number of carbonyl (C=O) groups excluding carboxylic acids is 2. The normalized spacial score (nSPS) is 16.7. The molecule has 1 aromatic carbocycles. The van der Waals surface area contributed by atoms with Crippen LogP contribution in [0.1, 0.15) is 25.8 Å². The second-order valence-electron chi connectivity index (χ2n) is 4.67.